The zero-order chi connectivity index (χ0) is 34.6. The number of carbonyl (C=O) groups is 2. The van der Waals surface area contributed by atoms with Gasteiger partial charge >= 0.3 is 12.1 Å². The Morgan fingerprint density at radius 1 is 0.792 bits per heavy atom. The number of fused-ring (bicyclic) bond motifs is 3. The summed E-state index contributed by atoms with van der Waals surface area (Å²) in [4.78, 5) is 26.9. The second-order valence-corrected chi connectivity index (χ2v) is 13.2. The maximum atomic E-state index is 13.7. The molecule has 0 bridgehead atoms. The van der Waals surface area contributed by atoms with Gasteiger partial charge in [-0.25, -0.2) is 9.59 Å². The van der Waals surface area contributed by atoms with E-state index in [9.17, 15) is 9.59 Å². The Labute approximate surface area is 283 Å². The molecule has 4 aromatic rings. The van der Waals surface area contributed by atoms with E-state index in [0.29, 0.717) is 5.75 Å². The molecule has 0 aliphatic heterocycles. The normalized spacial score (nSPS) is 13.6. The molecule has 1 aliphatic rings. The van der Waals surface area contributed by atoms with Crippen LogP contribution in [0.5, 0.6) is 17.2 Å². The van der Waals surface area contributed by atoms with Crippen molar-refractivity contribution in [2.24, 2.45) is 0 Å². The fraction of sp³-hybridized carbons (Fsp3) is 0.350. The van der Waals surface area contributed by atoms with Crippen LogP contribution in [-0.2, 0) is 14.3 Å². The summed E-state index contributed by atoms with van der Waals surface area (Å²) < 4.78 is 28.7. The summed E-state index contributed by atoms with van der Waals surface area (Å²) in [6.45, 7) is 11.8. The highest BCUT2D eigenvalue weighted by molar-refractivity contribution is 5.84. The Kier molecular flexibility index (Phi) is 10.4. The van der Waals surface area contributed by atoms with Crippen molar-refractivity contribution in [3.63, 3.8) is 0 Å². The molecule has 5 rings (SSSR count). The first-order valence-electron chi connectivity index (χ1n) is 16.2. The number of nitrogens with one attached hydrogen (secondary N) is 1. The number of hydrogen-bond donors (Lipinski definition) is 1. The van der Waals surface area contributed by atoms with E-state index in [1.165, 1.54) is 7.11 Å². The summed E-state index contributed by atoms with van der Waals surface area (Å²) in [5.41, 5.74) is 8.07. The van der Waals surface area contributed by atoms with Gasteiger partial charge in [0.1, 0.15) is 12.4 Å². The predicted molar refractivity (Wildman–Crippen MR) is 186 cm³/mol. The van der Waals surface area contributed by atoms with E-state index in [2.05, 4.69) is 49.5 Å². The van der Waals surface area contributed by atoms with Crippen molar-refractivity contribution in [1.82, 2.24) is 5.32 Å². The number of ether oxygens (including phenoxy) is 5. The molecule has 48 heavy (non-hydrogen) atoms. The van der Waals surface area contributed by atoms with Gasteiger partial charge < -0.3 is 29.0 Å². The summed E-state index contributed by atoms with van der Waals surface area (Å²) >= 11 is 0. The number of rotatable bonds is 11. The van der Waals surface area contributed by atoms with Crippen LogP contribution in [0.4, 0.5) is 4.79 Å². The zero-order valence-electron chi connectivity index (χ0n) is 29.0. The smallest absolute Gasteiger partial charge is 0.407 e. The van der Waals surface area contributed by atoms with Crippen LogP contribution >= 0.6 is 0 Å². The average Bonchev–Trinajstić information content (AvgIpc) is 3.39. The van der Waals surface area contributed by atoms with Crippen LogP contribution in [-0.4, -0.2) is 51.1 Å². The van der Waals surface area contributed by atoms with Gasteiger partial charge in [-0.2, -0.15) is 0 Å². The first-order chi connectivity index (χ1) is 22.9. The number of amides is 1. The molecule has 0 heterocycles. The zero-order valence-corrected chi connectivity index (χ0v) is 29.0. The molecule has 1 aliphatic carbocycles. The van der Waals surface area contributed by atoms with Crippen molar-refractivity contribution in [2.45, 2.75) is 65.0 Å². The molecule has 8 nitrogen and oxygen atoms in total. The molecule has 0 aromatic heterocycles. The minimum Gasteiger partial charge on any atom is -0.496 e. The Bertz CT molecular complexity index is 1750. The molecule has 0 spiro atoms. The van der Waals surface area contributed by atoms with Crippen molar-refractivity contribution >= 4 is 12.1 Å². The third kappa shape index (κ3) is 7.66. The van der Waals surface area contributed by atoms with Gasteiger partial charge in [-0.3, -0.25) is 0 Å². The molecule has 0 radical (unpaired) electrons. The molecular weight excluding hydrogens is 606 g/mol. The van der Waals surface area contributed by atoms with E-state index in [0.717, 1.165) is 50.3 Å². The lowest BCUT2D eigenvalue weighted by Crippen LogP contribution is -2.47. The highest BCUT2D eigenvalue weighted by Gasteiger charge is 2.31. The lowest BCUT2D eigenvalue weighted by Gasteiger charge is -2.25. The van der Waals surface area contributed by atoms with E-state index in [4.69, 9.17) is 23.7 Å². The molecule has 252 valence electrons. The Morgan fingerprint density at radius 3 is 2.00 bits per heavy atom. The lowest BCUT2D eigenvalue weighted by molar-refractivity contribution is -0.140. The fourth-order valence-electron chi connectivity index (χ4n) is 6.01. The molecule has 1 amide bonds. The minimum atomic E-state index is -1.14. The number of carbonyl (C=O) groups excluding carboxylic acids is 2. The number of alkyl carbamates (subject to hydrolysis) is 1. The largest absolute Gasteiger partial charge is 0.496 e. The van der Waals surface area contributed by atoms with Crippen LogP contribution in [0.3, 0.4) is 0 Å². The van der Waals surface area contributed by atoms with Crippen molar-refractivity contribution in [1.29, 1.82) is 0 Å². The Balaban J connectivity index is 1.33. The summed E-state index contributed by atoms with van der Waals surface area (Å²) in [6.07, 6.45) is -0.741. The van der Waals surface area contributed by atoms with E-state index < -0.39 is 23.7 Å². The fourth-order valence-corrected chi connectivity index (χ4v) is 6.01. The quantitative estimate of drug-likeness (QED) is 0.129. The number of hydrogen-bond acceptors (Lipinski definition) is 7. The van der Waals surface area contributed by atoms with Gasteiger partial charge in [-0.15, -0.1) is 0 Å². The highest BCUT2D eigenvalue weighted by Crippen LogP contribution is 2.44. The first kappa shape index (κ1) is 34.5. The third-order valence-electron chi connectivity index (χ3n) is 8.86. The van der Waals surface area contributed by atoms with E-state index >= 15 is 0 Å². The van der Waals surface area contributed by atoms with Crippen LogP contribution in [0.25, 0.3) is 11.1 Å². The van der Waals surface area contributed by atoms with Crippen molar-refractivity contribution in [3.05, 3.63) is 112 Å². The molecular formula is C40H45NO7. The van der Waals surface area contributed by atoms with Crippen LogP contribution in [0, 0.1) is 13.8 Å². The summed E-state index contributed by atoms with van der Waals surface area (Å²) in [5.74, 6) is 0.569. The standard InChI is InChI=1S/C40H45NO7/c1-24-19-28(21-36(45-8)25(24)2)26(3)27-17-18-35(44-7)37(20-27)48-38(42)34(23-47-40(4,5)6)41-39(43)46-22-33-31-15-11-9-13-29(31)30-14-10-12-16-32(30)33/h9-21,26,33-34H,22-23H2,1-8H3,(H,41,43)/t26?,34-/m1/s1. The Hall–Kier alpha value is -4.82. The second kappa shape index (κ2) is 14.5. The molecule has 1 unspecified atom stereocenters. The van der Waals surface area contributed by atoms with Crippen molar-refractivity contribution < 1.29 is 33.3 Å². The second-order valence-electron chi connectivity index (χ2n) is 13.2. The highest BCUT2D eigenvalue weighted by atomic mass is 16.6. The van der Waals surface area contributed by atoms with Gasteiger partial charge in [-0.05, 0) is 97.3 Å². The lowest BCUT2D eigenvalue weighted by atomic mass is 9.90. The molecule has 2 atom stereocenters. The number of esters is 1. The molecule has 1 N–H and O–H groups in total. The van der Waals surface area contributed by atoms with Crippen LogP contribution < -0.4 is 19.5 Å². The number of methoxy groups -OCH3 is 2. The topological polar surface area (TPSA) is 92.3 Å². The van der Waals surface area contributed by atoms with Gasteiger partial charge in [0.2, 0.25) is 0 Å². The molecule has 0 saturated heterocycles. The van der Waals surface area contributed by atoms with Gasteiger partial charge in [0.25, 0.3) is 0 Å². The van der Waals surface area contributed by atoms with Gasteiger partial charge in [0, 0.05) is 11.8 Å². The van der Waals surface area contributed by atoms with E-state index in [-0.39, 0.29) is 30.8 Å². The van der Waals surface area contributed by atoms with Gasteiger partial charge in [-0.1, -0.05) is 67.6 Å². The minimum absolute atomic E-state index is 0.0412. The molecule has 8 heteroatoms. The maximum absolute atomic E-state index is 13.7. The van der Waals surface area contributed by atoms with Crippen LogP contribution in [0.15, 0.2) is 78.9 Å². The third-order valence-corrected chi connectivity index (χ3v) is 8.86. The van der Waals surface area contributed by atoms with E-state index in [1.807, 2.05) is 64.1 Å². The number of benzene rings is 4. The van der Waals surface area contributed by atoms with Crippen molar-refractivity contribution in [2.75, 3.05) is 27.4 Å². The van der Waals surface area contributed by atoms with Crippen molar-refractivity contribution in [3.8, 4) is 28.4 Å². The Morgan fingerprint density at radius 2 is 1.40 bits per heavy atom. The SMILES string of the molecule is COc1ccc(C(C)c2cc(C)c(C)c(OC)c2)cc1OC(=O)[C@@H](COC(C)(C)C)NC(=O)OCC1c2ccccc2-c2ccccc21. The summed E-state index contributed by atoms with van der Waals surface area (Å²) in [5, 5.41) is 2.69. The number of aryl methyl sites for hydroxylation is 1. The van der Waals surface area contributed by atoms with Crippen LogP contribution in [0.2, 0.25) is 0 Å². The first-order valence-corrected chi connectivity index (χ1v) is 16.2. The summed E-state index contributed by atoms with van der Waals surface area (Å²) in [6, 6.07) is 24.8. The van der Waals surface area contributed by atoms with E-state index in [1.54, 1.807) is 19.2 Å². The predicted octanol–water partition coefficient (Wildman–Crippen LogP) is 8.10. The molecule has 4 aromatic carbocycles. The molecule has 0 saturated carbocycles. The van der Waals surface area contributed by atoms with Crippen LogP contribution in [0.1, 0.15) is 72.9 Å². The van der Waals surface area contributed by atoms with Gasteiger partial charge in [0.05, 0.1) is 26.4 Å². The maximum Gasteiger partial charge on any atom is 0.407 e. The monoisotopic (exact) mass is 651 g/mol. The van der Waals surface area contributed by atoms with Gasteiger partial charge in [0.15, 0.2) is 17.5 Å². The molecule has 0 fully saturated rings. The summed E-state index contributed by atoms with van der Waals surface area (Å²) in [7, 11) is 3.18. The average molecular weight is 652 g/mol.